The molecular formula is C10H6F7NO4. The summed E-state index contributed by atoms with van der Waals surface area (Å²) in [6.45, 7) is -2.45. The van der Waals surface area contributed by atoms with Crippen LogP contribution >= 0.6 is 0 Å². The summed E-state index contributed by atoms with van der Waals surface area (Å²) in [5.74, 6) is -16.1. The number of alkyl halides is 7. The standard InChI is InChI=1S/C10H6F7NO4/c11-8(12,9(13,14)10(15,16)17)3-22-4-1-2-18-5(6(4)19)7(20)21/h1-2,19H,3H2,(H,20,21). The van der Waals surface area contributed by atoms with E-state index in [1.54, 1.807) is 0 Å². The van der Waals surface area contributed by atoms with Crippen LogP contribution in [0.5, 0.6) is 11.5 Å². The number of aromatic nitrogens is 1. The molecule has 0 atom stereocenters. The molecule has 0 amide bonds. The molecule has 0 saturated carbocycles. The minimum Gasteiger partial charge on any atom is -0.503 e. The summed E-state index contributed by atoms with van der Waals surface area (Å²) in [6.07, 6.45) is -5.86. The van der Waals surface area contributed by atoms with Crippen molar-refractivity contribution in [2.75, 3.05) is 6.61 Å². The highest BCUT2D eigenvalue weighted by molar-refractivity contribution is 5.89. The van der Waals surface area contributed by atoms with Crippen LogP contribution in [0.25, 0.3) is 0 Å². The number of rotatable bonds is 5. The van der Waals surface area contributed by atoms with Gasteiger partial charge in [0.1, 0.15) is 0 Å². The molecule has 12 heteroatoms. The SMILES string of the molecule is O=C(O)c1nccc(OCC(F)(F)C(F)(F)C(F)(F)F)c1O. The molecule has 2 N–H and O–H groups in total. The molecule has 0 aliphatic heterocycles. The number of hydrogen-bond donors (Lipinski definition) is 2. The number of carbonyl (C=O) groups is 1. The van der Waals surface area contributed by atoms with E-state index in [-0.39, 0.29) is 0 Å². The summed E-state index contributed by atoms with van der Waals surface area (Å²) in [7, 11) is 0. The second kappa shape index (κ2) is 5.50. The fraction of sp³-hybridized carbons (Fsp3) is 0.400. The molecule has 0 unspecified atom stereocenters. The number of hydrogen-bond acceptors (Lipinski definition) is 4. The summed E-state index contributed by atoms with van der Waals surface area (Å²) in [5, 5.41) is 17.9. The van der Waals surface area contributed by atoms with E-state index in [9.17, 15) is 40.6 Å². The summed E-state index contributed by atoms with van der Waals surface area (Å²) in [4.78, 5) is 13.7. The maximum atomic E-state index is 13.0. The van der Waals surface area contributed by atoms with Crippen molar-refractivity contribution in [1.82, 2.24) is 4.98 Å². The maximum Gasteiger partial charge on any atom is 0.460 e. The highest BCUT2D eigenvalue weighted by Gasteiger charge is 2.73. The number of carboxylic acids is 1. The number of ether oxygens (including phenoxy) is 1. The summed E-state index contributed by atoms with van der Waals surface area (Å²) >= 11 is 0. The lowest BCUT2D eigenvalue weighted by atomic mass is 10.2. The van der Waals surface area contributed by atoms with Gasteiger partial charge in [-0.2, -0.15) is 30.7 Å². The monoisotopic (exact) mass is 337 g/mol. The van der Waals surface area contributed by atoms with Crippen molar-refractivity contribution >= 4 is 5.97 Å². The van der Waals surface area contributed by atoms with E-state index in [2.05, 4.69) is 9.72 Å². The van der Waals surface area contributed by atoms with Crippen LogP contribution in [0.4, 0.5) is 30.7 Å². The van der Waals surface area contributed by atoms with Crippen molar-refractivity contribution in [2.45, 2.75) is 18.0 Å². The number of carboxylic acid groups (broad SMARTS) is 1. The van der Waals surface area contributed by atoms with Crippen LogP contribution in [-0.4, -0.2) is 45.8 Å². The molecule has 0 aliphatic rings. The lowest BCUT2D eigenvalue weighted by molar-refractivity contribution is -0.358. The zero-order valence-electron chi connectivity index (χ0n) is 10.2. The second-order valence-corrected chi connectivity index (χ2v) is 3.88. The lowest BCUT2D eigenvalue weighted by Crippen LogP contribution is -2.54. The average Bonchev–Trinajstić information content (AvgIpc) is 2.35. The molecule has 0 fully saturated rings. The predicted octanol–water partition coefficient (Wildman–Crippen LogP) is 2.70. The fourth-order valence-corrected chi connectivity index (χ4v) is 1.18. The number of aromatic hydroxyl groups is 1. The van der Waals surface area contributed by atoms with Crippen molar-refractivity contribution in [3.05, 3.63) is 18.0 Å². The molecule has 0 spiro atoms. The molecular weight excluding hydrogens is 331 g/mol. The Hall–Kier alpha value is -2.27. The van der Waals surface area contributed by atoms with Crippen molar-refractivity contribution in [3.8, 4) is 11.5 Å². The topological polar surface area (TPSA) is 79.7 Å². The Bertz CT molecular complexity index is 573. The largest absolute Gasteiger partial charge is 0.503 e. The van der Waals surface area contributed by atoms with Crippen LogP contribution < -0.4 is 4.74 Å². The van der Waals surface area contributed by atoms with Gasteiger partial charge < -0.3 is 14.9 Å². The zero-order valence-corrected chi connectivity index (χ0v) is 10.2. The smallest absolute Gasteiger partial charge is 0.460 e. The van der Waals surface area contributed by atoms with Gasteiger partial charge in [0, 0.05) is 12.3 Å². The molecule has 124 valence electrons. The number of pyridine rings is 1. The summed E-state index contributed by atoms with van der Waals surface area (Å²) in [5.41, 5.74) is -1.05. The average molecular weight is 337 g/mol. The van der Waals surface area contributed by atoms with E-state index in [1.165, 1.54) is 0 Å². The first-order valence-electron chi connectivity index (χ1n) is 5.17. The van der Waals surface area contributed by atoms with E-state index in [0.29, 0.717) is 12.3 Å². The lowest BCUT2D eigenvalue weighted by Gasteiger charge is -2.28. The molecule has 22 heavy (non-hydrogen) atoms. The minimum atomic E-state index is -6.52. The van der Waals surface area contributed by atoms with Crippen LogP contribution in [0.3, 0.4) is 0 Å². The Kier molecular flexibility index (Phi) is 4.44. The van der Waals surface area contributed by atoms with E-state index >= 15 is 0 Å². The van der Waals surface area contributed by atoms with E-state index < -0.39 is 47.8 Å². The van der Waals surface area contributed by atoms with Gasteiger partial charge in [0.05, 0.1) is 0 Å². The quantitative estimate of drug-likeness (QED) is 0.808. The van der Waals surface area contributed by atoms with Crippen LogP contribution in [0, 0.1) is 0 Å². The summed E-state index contributed by atoms with van der Waals surface area (Å²) in [6, 6.07) is 0.615. The Labute approximate surface area is 116 Å². The van der Waals surface area contributed by atoms with Gasteiger partial charge >= 0.3 is 24.0 Å². The van der Waals surface area contributed by atoms with Crippen molar-refractivity contribution in [3.63, 3.8) is 0 Å². The molecule has 1 heterocycles. The summed E-state index contributed by atoms with van der Waals surface area (Å²) < 4.78 is 90.8. The van der Waals surface area contributed by atoms with Crippen LogP contribution in [0.15, 0.2) is 12.3 Å². The molecule has 1 rings (SSSR count). The van der Waals surface area contributed by atoms with E-state index in [1.807, 2.05) is 0 Å². The molecule has 0 radical (unpaired) electrons. The highest BCUT2D eigenvalue weighted by Crippen LogP contribution is 2.46. The van der Waals surface area contributed by atoms with Gasteiger partial charge in [-0.05, 0) is 0 Å². The first-order chi connectivity index (χ1) is 9.81. The number of halogens is 7. The predicted molar refractivity (Wildman–Crippen MR) is 54.3 cm³/mol. The van der Waals surface area contributed by atoms with Gasteiger partial charge in [0.15, 0.2) is 23.8 Å². The molecule has 0 bridgehead atoms. The van der Waals surface area contributed by atoms with Crippen LogP contribution in [-0.2, 0) is 0 Å². The highest BCUT2D eigenvalue weighted by atomic mass is 19.4. The maximum absolute atomic E-state index is 13.0. The zero-order chi connectivity index (χ0) is 17.3. The Morgan fingerprint density at radius 3 is 2.18 bits per heavy atom. The normalized spacial score (nSPS) is 13.0. The first kappa shape index (κ1) is 17.8. The number of nitrogens with zero attached hydrogens (tertiary/aromatic N) is 1. The molecule has 5 nitrogen and oxygen atoms in total. The van der Waals surface area contributed by atoms with Gasteiger partial charge in [-0.3, -0.25) is 0 Å². The van der Waals surface area contributed by atoms with Gasteiger partial charge in [0.2, 0.25) is 0 Å². The molecule has 1 aromatic rings. The number of aromatic carboxylic acids is 1. The van der Waals surface area contributed by atoms with Crippen molar-refractivity contribution < 1.29 is 50.5 Å². The van der Waals surface area contributed by atoms with E-state index in [0.717, 1.165) is 0 Å². The van der Waals surface area contributed by atoms with Crippen LogP contribution in [0.1, 0.15) is 10.5 Å². The molecule has 0 saturated heterocycles. The Morgan fingerprint density at radius 2 is 1.73 bits per heavy atom. The Morgan fingerprint density at radius 1 is 1.18 bits per heavy atom. The third kappa shape index (κ3) is 3.14. The molecule has 0 aliphatic carbocycles. The van der Waals surface area contributed by atoms with Crippen LogP contribution in [0.2, 0.25) is 0 Å². The molecule has 0 aromatic carbocycles. The van der Waals surface area contributed by atoms with Gasteiger partial charge in [-0.1, -0.05) is 0 Å². The molecule has 1 aromatic heterocycles. The third-order valence-corrected chi connectivity index (χ3v) is 2.31. The van der Waals surface area contributed by atoms with Gasteiger partial charge in [-0.25, -0.2) is 9.78 Å². The third-order valence-electron chi connectivity index (χ3n) is 2.31. The van der Waals surface area contributed by atoms with E-state index in [4.69, 9.17) is 5.11 Å². The first-order valence-corrected chi connectivity index (χ1v) is 5.17. The van der Waals surface area contributed by atoms with Gasteiger partial charge in [-0.15, -0.1) is 0 Å². The minimum absolute atomic E-state index is 0.615. The van der Waals surface area contributed by atoms with Crippen molar-refractivity contribution in [2.24, 2.45) is 0 Å². The Balaban J connectivity index is 3.00. The van der Waals surface area contributed by atoms with Gasteiger partial charge in [0.25, 0.3) is 0 Å². The second-order valence-electron chi connectivity index (χ2n) is 3.88. The fourth-order valence-electron chi connectivity index (χ4n) is 1.18. The van der Waals surface area contributed by atoms with Crippen molar-refractivity contribution in [1.29, 1.82) is 0 Å².